The fourth-order valence-electron chi connectivity index (χ4n) is 1.68. The maximum Gasteiger partial charge on any atom is 0.262 e. The van der Waals surface area contributed by atoms with E-state index in [-0.39, 0.29) is 16.4 Å². The van der Waals surface area contributed by atoms with Gasteiger partial charge in [0.25, 0.3) is 5.91 Å². The molecule has 0 radical (unpaired) electrons. The summed E-state index contributed by atoms with van der Waals surface area (Å²) in [4.78, 5) is 11.7. The van der Waals surface area contributed by atoms with E-state index in [4.69, 9.17) is 12.2 Å². The number of halogens is 3. The number of carbonyl (C=O) groups is 1. The second-order valence-corrected chi connectivity index (χ2v) is 5.87. The van der Waals surface area contributed by atoms with Crippen LogP contribution in [0.25, 0.3) is 6.08 Å². The molecule has 0 spiro atoms. The SMILES string of the molecule is O=C(/C=C/c1cc(Br)ccc1F)NNC(=S)Nc1ccccc1F. The largest absolute Gasteiger partial charge is 0.329 e. The molecule has 1 amide bonds. The Morgan fingerprint density at radius 1 is 1.08 bits per heavy atom. The standard InChI is InChI=1S/C16H12BrF2N3OS/c17-11-6-7-12(18)10(9-11)5-8-15(23)21-22-16(24)20-14-4-2-1-3-13(14)19/h1-9H,(H,21,23)(H2,20,22,24)/b8-5+. The van der Waals surface area contributed by atoms with Crippen molar-refractivity contribution in [3.63, 3.8) is 0 Å². The molecule has 0 saturated carbocycles. The van der Waals surface area contributed by atoms with Gasteiger partial charge in [0.05, 0.1) is 5.69 Å². The summed E-state index contributed by atoms with van der Waals surface area (Å²) in [5.74, 6) is -1.47. The Hall–Kier alpha value is -2.32. The lowest BCUT2D eigenvalue weighted by Crippen LogP contribution is -2.43. The van der Waals surface area contributed by atoms with Gasteiger partial charge in [-0.25, -0.2) is 8.78 Å². The molecule has 0 aliphatic heterocycles. The number of nitrogens with one attached hydrogen (secondary N) is 3. The number of hydrogen-bond donors (Lipinski definition) is 3. The summed E-state index contributed by atoms with van der Waals surface area (Å²) in [6.07, 6.45) is 2.47. The molecule has 2 aromatic rings. The predicted octanol–water partition coefficient (Wildman–Crippen LogP) is 3.76. The van der Waals surface area contributed by atoms with Crippen LogP contribution >= 0.6 is 28.1 Å². The number of hydrazine groups is 1. The molecule has 0 bridgehead atoms. The van der Waals surface area contributed by atoms with Crippen LogP contribution in [0.4, 0.5) is 14.5 Å². The van der Waals surface area contributed by atoms with Crippen LogP contribution in [0.1, 0.15) is 5.56 Å². The van der Waals surface area contributed by atoms with Crippen molar-refractivity contribution in [1.29, 1.82) is 0 Å². The average molecular weight is 412 g/mol. The molecule has 8 heteroatoms. The number of carbonyl (C=O) groups excluding carboxylic acids is 1. The first-order valence-electron chi connectivity index (χ1n) is 6.70. The lowest BCUT2D eigenvalue weighted by molar-refractivity contribution is -0.116. The smallest absolute Gasteiger partial charge is 0.262 e. The van der Waals surface area contributed by atoms with Gasteiger partial charge in [-0.15, -0.1) is 0 Å². The predicted molar refractivity (Wildman–Crippen MR) is 97.0 cm³/mol. The van der Waals surface area contributed by atoms with Crippen molar-refractivity contribution < 1.29 is 13.6 Å². The summed E-state index contributed by atoms with van der Waals surface area (Å²) < 4.78 is 27.7. The molecule has 0 atom stereocenters. The minimum absolute atomic E-state index is 0.00971. The van der Waals surface area contributed by atoms with Crippen LogP contribution in [0.3, 0.4) is 0 Å². The Bertz CT molecular complexity index is 799. The van der Waals surface area contributed by atoms with Gasteiger partial charge in [-0.05, 0) is 48.6 Å². The van der Waals surface area contributed by atoms with Gasteiger partial charge in [0.15, 0.2) is 5.11 Å². The number of hydrogen-bond acceptors (Lipinski definition) is 2. The van der Waals surface area contributed by atoms with Gasteiger partial charge in [-0.1, -0.05) is 28.1 Å². The summed E-state index contributed by atoms with van der Waals surface area (Å²) in [6, 6.07) is 10.3. The number of benzene rings is 2. The van der Waals surface area contributed by atoms with Crippen molar-refractivity contribution >= 4 is 50.9 Å². The molecular weight excluding hydrogens is 400 g/mol. The van der Waals surface area contributed by atoms with Crippen LogP contribution in [0.5, 0.6) is 0 Å². The van der Waals surface area contributed by atoms with Crippen molar-refractivity contribution in [2.45, 2.75) is 0 Å². The van der Waals surface area contributed by atoms with Crippen LogP contribution in [-0.4, -0.2) is 11.0 Å². The van der Waals surface area contributed by atoms with Crippen LogP contribution in [0.15, 0.2) is 53.0 Å². The molecule has 2 rings (SSSR count). The molecule has 0 saturated heterocycles. The zero-order chi connectivity index (χ0) is 17.5. The van der Waals surface area contributed by atoms with Crippen LogP contribution < -0.4 is 16.2 Å². The molecule has 0 aromatic heterocycles. The molecule has 24 heavy (non-hydrogen) atoms. The second kappa shape index (κ2) is 8.51. The van der Waals surface area contributed by atoms with Crippen molar-refractivity contribution in [2.24, 2.45) is 0 Å². The van der Waals surface area contributed by atoms with E-state index in [0.29, 0.717) is 4.47 Å². The minimum atomic E-state index is -0.549. The van der Waals surface area contributed by atoms with Crippen molar-refractivity contribution in [3.05, 3.63) is 70.2 Å². The van der Waals surface area contributed by atoms with Gasteiger partial charge in [0.1, 0.15) is 11.6 Å². The van der Waals surface area contributed by atoms with Gasteiger partial charge in [0.2, 0.25) is 0 Å². The first-order valence-corrected chi connectivity index (χ1v) is 7.90. The van der Waals surface area contributed by atoms with E-state index in [1.807, 2.05) is 0 Å². The van der Waals surface area contributed by atoms with E-state index in [1.165, 1.54) is 30.3 Å². The molecule has 0 heterocycles. The van der Waals surface area contributed by atoms with Gasteiger partial charge >= 0.3 is 0 Å². The number of rotatable bonds is 3. The van der Waals surface area contributed by atoms with Crippen LogP contribution in [-0.2, 0) is 4.79 Å². The molecule has 124 valence electrons. The zero-order valence-corrected chi connectivity index (χ0v) is 14.5. The third-order valence-corrected chi connectivity index (χ3v) is 3.49. The number of thiocarbonyl (C=S) groups is 1. The Morgan fingerprint density at radius 3 is 2.58 bits per heavy atom. The fraction of sp³-hybridized carbons (Fsp3) is 0. The first kappa shape index (κ1) is 18.0. The minimum Gasteiger partial charge on any atom is -0.329 e. The summed E-state index contributed by atoms with van der Waals surface area (Å²) in [5, 5.41) is 2.61. The van der Waals surface area contributed by atoms with Gasteiger partial charge in [-0.2, -0.15) is 0 Å². The molecule has 0 fully saturated rings. The molecule has 0 aliphatic rings. The third kappa shape index (κ3) is 5.39. The fourth-order valence-corrected chi connectivity index (χ4v) is 2.22. The van der Waals surface area contributed by atoms with E-state index in [2.05, 4.69) is 32.1 Å². The second-order valence-electron chi connectivity index (χ2n) is 4.55. The Kier molecular flexibility index (Phi) is 6.39. The number of amides is 1. The number of para-hydroxylation sites is 1. The van der Waals surface area contributed by atoms with Crippen molar-refractivity contribution in [2.75, 3.05) is 5.32 Å². The van der Waals surface area contributed by atoms with Crippen molar-refractivity contribution in [1.82, 2.24) is 10.9 Å². The first-order chi connectivity index (χ1) is 11.5. The molecular formula is C16H12BrF2N3OS. The van der Waals surface area contributed by atoms with E-state index in [9.17, 15) is 13.6 Å². The molecule has 3 N–H and O–H groups in total. The van der Waals surface area contributed by atoms with E-state index in [1.54, 1.807) is 18.2 Å². The molecule has 0 unspecified atom stereocenters. The summed E-state index contributed by atoms with van der Waals surface area (Å²) in [7, 11) is 0. The Labute approximate surface area is 151 Å². The highest BCUT2D eigenvalue weighted by Gasteiger charge is 2.04. The zero-order valence-electron chi connectivity index (χ0n) is 12.1. The lowest BCUT2D eigenvalue weighted by atomic mass is 10.2. The molecule has 0 aliphatic carbocycles. The monoisotopic (exact) mass is 411 g/mol. The van der Waals surface area contributed by atoms with Crippen LogP contribution in [0.2, 0.25) is 0 Å². The van der Waals surface area contributed by atoms with Gasteiger partial charge in [0, 0.05) is 16.1 Å². The topological polar surface area (TPSA) is 53.2 Å². The maximum atomic E-state index is 13.5. The normalized spacial score (nSPS) is 10.5. The Balaban J connectivity index is 1.86. The lowest BCUT2D eigenvalue weighted by Gasteiger charge is -2.10. The highest BCUT2D eigenvalue weighted by Crippen LogP contribution is 2.16. The average Bonchev–Trinajstić information content (AvgIpc) is 2.56. The highest BCUT2D eigenvalue weighted by molar-refractivity contribution is 9.10. The van der Waals surface area contributed by atoms with Crippen molar-refractivity contribution in [3.8, 4) is 0 Å². The summed E-state index contributed by atoms with van der Waals surface area (Å²) in [6.45, 7) is 0. The maximum absolute atomic E-state index is 13.5. The molecule has 2 aromatic carbocycles. The van der Waals surface area contributed by atoms with E-state index < -0.39 is 17.5 Å². The van der Waals surface area contributed by atoms with Gasteiger partial charge < -0.3 is 5.32 Å². The quantitative estimate of drug-likeness (QED) is 0.408. The highest BCUT2D eigenvalue weighted by atomic mass is 79.9. The summed E-state index contributed by atoms with van der Waals surface area (Å²) in [5.41, 5.74) is 5.14. The third-order valence-electron chi connectivity index (χ3n) is 2.79. The number of anilines is 1. The Morgan fingerprint density at radius 2 is 1.83 bits per heavy atom. The summed E-state index contributed by atoms with van der Waals surface area (Å²) >= 11 is 8.16. The van der Waals surface area contributed by atoms with Crippen LogP contribution in [0, 0.1) is 11.6 Å². The van der Waals surface area contributed by atoms with E-state index >= 15 is 0 Å². The van der Waals surface area contributed by atoms with Gasteiger partial charge in [-0.3, -0.25) is 15.6 Å². The molecule has 4 nitrogen and oxygen atoms in total. The van der Waals surface area contributed by atoms with E-state index in [0.717, 1.165) is 6.08 Å².